The number of carbonyl (C=O) groups is 3. The number of amides is 2. The Morgan fingerprint density at radius 3 is 2.71 bits per heavy atom. The van der Waals surface area contributed by atoms with Gasteiger partial charge < -0.3 is 13.9 Å². The summed E-state index contributed by atoms with van der Waals surface area (Å²) in [7, 11) is 1.38. The van der Waals surface area contributed by atoms with Gasteiger partial charge in [-0.2, -0.15) is 0 Å². The van der Waals surface area contributed by atoms with E-state index in [1.165, 1.54) is 38.3 Å². The number of thioether (sulfide) groups is 1. The number of methoxy groups -OCH3 is 1. The summed E-state index contributed by atoms with van der Waals surface area (Å²) < 4.78 is 15.8. The molecule has 1 unspecified atom stereocenters. The summed E-state index contributed by atoms with van der Waals surface area (Å²) in [6.07, 6.45) is 1.39. The van der Waals surface area contributed by atoms with Crippen LogP contribution in [0.4, 0.5) is 10.5 Å². The number of hydrogen-bond acceptors (Lipinski definition) is 9. The molecule has 3 rings (SSSR count). The van der Waals surface area contributed by atoms with Gasteiger partial charge in [0, 0.05) is 12.1 Å². The number of benzene rings is 1. The van der Waals surface area contributed by atoms with Crippen LogP contribution in [0.1, 0.15) is 19.6 Å². The molecule has 1 aromatic heterocycles. The van der Waals surface area contributed by atoms with Crippen molar-refractivity contribution in [2.45, 2.75) is 19.9 Å². The second-order valence-corrected chi connectivity index (χ2v) is 7.32. The molecule has 1 aliphatic heterocycles. The van der Waals surface area contributed by atoms with Crippen molar-refractivity contribution in [1.29, 1.82) is 0 Å². The highest BCUT2D eigenvalue weighted by atomic mass is 32.2. The number of furan rings is 1. The number of imide groups is 1. The van der Waals surface area contributed by atoms with E-state index in [0.29, 0.717) is 23.1 Å². The molecule has 1 aromatic carbocycles. The average molecular weight is 446 g/mol. The van der Waals surface area contributed by atoms with E-state index in [2.05, 4.69) is 0 Å². The summed E-state index contributed by atoms with van der Waals surface area (Å²) in [5.74, 6) is -0.404. The number of ether oxygens (including phenoxy) is 2. The maximum absolute atomic E-state index is 12.6. The van der Waals surface area contributed by atoms with Crippen molar-refractivity contribution in [2.75, 3.05) is 13.7 Å². The fourth-order valence-electron chi connectivity index (χ4n) is 2.88. The van der Waals surface area contributed by atoms with E-state index < -0.39 is 28.1 Å². The van der Waals surface area contributed by atoms with Crippen LogP contribution in [0, 0.1) is 10.1 Å². The van der Waals surface area contributed by atoms with Gasteiger partial charge in [0.25, 0.3) is 16.8 Å². The third-order valence-electron chi connectivity index (χ3n) is 4.40. The maximum atomic E-state index is 12.6. The largest absolute Gasteiger partial charge is 0.496 e. The number of esters is 1. The van der Waals surface area contributed by atoms with E-state index in [9.17, 15) is 24.5 Å². The number of nitrogens with zero attached hydrogens (tertiary/aromatic N) is 2. The number of hydrogen-bond donors (Lipinski definition) is 0. The van der Waals surface area contributed by atoms with Crippen LogP contribution >= 0.6 is 11.8 Å². The molecule has 0 bridgehead atoms. The van der Waals surface area contributed by atoms with E-state index in [0.717, 1.165) is 4.90 Å². The van der Waals surface area contributed by atoms with E-state index in [1.54, 1.807) is 19.1 Å². The molecule has 2 heterocycles. The maximum Gasteiger partial charge on any atom is 0.329 e. The SMILES string of the molecule is CCOC(=O)C(C)N1C(=O)S/C(=C/c2ccc(-c3ccc([N+](=O)[O-])cc3OC)o2)C1=O. The lowest BCUT2D eigenvalue weighted by Gasteiger charge is -2.19. The minimum absolute atomic E-state index is 0.0951. The second kappa shape index (κ2) is 9.04. The predicted molar refractivity (Wildman–Crippen MR) is 111 cm³/mol. The minimum atomic E-state index is -1.05. The van der Waals surface area contributed by atoms with Crippen LogP contribution in [0.15, 0.2) is 39.7 Å². The predicted octanol–water partition coefficient (Wildman–Crippen LogP) is 3.85. The van der Waals surface area contributed by atoms with Gasteiger partial charge in [0.1, 0.15) is 23.3 Å². The average Bonchev–Trinajstić information content (AvgIpc) is 3.31. The van der Waals surface area contributed by atoms with E-state index in [4.69, 9.17) is 13.9 Å². The zero-order valence-corrected chi connectivity index (χ0v) is 17.6. The molecule has 1 aliphatic rings. The number of nitro groups is 1. The van der Waals surface area contributed by atoms with Gasteiger partial charge in [-0.3, -0.25) is 24.6 Å². The van der Waals surface area contributed by atoms with Crippen molar-refractivity contribution in [1.82, 2.24) is 4.90 Å². The van der Waals surface area contributed by atoms with Crippen LogP contribution in [-0.4, -0.2) is 46.7 Å². The summed E-state index contributed by atoms with van der Waals surface area (Å²) >= 11 is 0.689. The Bertz CT molecular complexity index is 1090. The zero-order chi connectivity index (χ0) is 22.7. The number of rotatable bonds is 7. The van der Waals surface area contributed by atoms with Gasteiger partial charge in [0.2, 0.25) is 0 Å². The van der Waals surface area contributed by atoms with Crippen molar-refractivity contribution in [3.05, 3.63) is 51.1 Å². The molecule has 1 atom stereocenters. The fourth-order valence-corrected chi connectivity index (χ4v) is 3.77. The van der Waals surface area contributed by atoms with Crippen LogP contribution in [0.25, 0.3) is 17.4 Å². The molecule has 0 radical (unpaired) electrons. The molecule has 0 saturated carbocycles. The third kappa shape index (κ3) is 4.45. The summed E-state index contributed by atoms with van der Waals surface area (Å²) in [5.41, 5.74) is 0.355. The van der Waals surface area contributed by atoms with Gasteiger partial charge in [-0.1, -0.05) is 0 Å². The van der Waals surface area contributed by atoms with Crippen molar-refractivity contribution >= 4 is 40.6 Å². The third-order valence-corrected chi connectivity index (χ3v) is 5.28. The lowest BCUT2D eigenvalue weighted by atomic mass is 10.1. The highest BCUT2D eigenvalue weighted by molar-refractivity contribution is 8.18. The van der Waals surface area contributed by atoms with Crippen molar-refractivity contribution < 1.29 is 33.2 Å². The molecule has 10 nitrogen and oxygen atoms in total. The molecule has 162 valence electrons. The second-order valence-electron chi connectivity index (χ2n) is 6.32. The van der Waals surface area contributed by atoms with Crippen LogP contribution in [0.2, 0.25) is 0 Å². The highest BCUT2D eigenvalue weighted by Crippen LogP contribution is 2.37. The Morgan fingerprint density at radius 1 is 1.32 bits per heavy atom. The van der Waals surface area contributed by atoms with E-state index in [-0.39, 0.29) is 28.7 Å². The van der Waals surface area contributed by atoms with Gasteiger partial charge in [0.05, 0.1) is 35.2 Å². The molecular formula is C20H18N2O8S. The molecule has 2 aromatic rings. The first-order chi connectivity index (χ1) is 14.8. The number of carbonyl (C=O) groups excluding carboxylic acids is 3. The summed E-state index contributed by atoms with van der Waals surface area (Å²) in [6.45, 7) is 3.19. The number of nitro benzene ring substituents is 1. The lowest BCUT2D eigenvalue weighted by Crippen LogP contribution is -2.42. The van der Waals surface area contributed by atoms with Crippen LogP contribution in [-0.2, 0) is 14.3 Å². The molecule has 1 fully saturated rings. The first kappa shape index (κ1) is 22.1. The highest BCUT2D eigenvalue weighted by Gasteiger charge is 2.41. The van der Waals surface area contributed by atoms with Gasteiger partial charge >= 0.3 is 5.97 Å². The molecule has 11 heteroatoms. The Morgan fingerprint density at radius 2 is 2.06 bits per heavy atom. The fraction of sp³-hybridized carbons (Fsp3) is 0.250. The van der Waals surface area contributed by atoms with Crippen molar-refractivity contribution in [2.24, 2.45) is 0 Å². The Labute approximate surface area is 180 Å². The van der Waals surface area contributed by atoms with Crippen LogP contribution < -0.4 is 4.74 Å². The van der Waals surface area contributed by atoms with Crippen LogP contribution in [0.5, 0.6) is 5.75 Å². The smallest absolute Gasteiger partial charge is 0.329 e. The molecule has 31 heavy (non-hydrogen) atoms. The number of non-ortho nitro benzene ring substituents is 1. The van der Waals surface area contributed by atoms with Crippen molar-refractivity contribution in [3.63, 3.8) is 0 Å². The van der Waals surface area contributed by atoms with Gasteiger partial charge in [-0.25, -0.2) is 4.79 Å². The molecular weight excluding hydrogens is 428 g/mol. The monoisotopic (exact) mass is 446 g/mol. The molecule has 0 spiro atoms. The lowest BCUT2D eigenvalue weighted by molar-refractivity contribution is -0.384. The Hall–Kier alpha value is -3.60. The molecule has 0 N–H and O–H groups in total. The van der Waals surface area contributed by atoms with E-state index in [1.807, 2.05) is 0 Å². The summed E-state index contributed by atoms with van der Waals surface area (Å²) in [4.78, 5) is 48.1. The topological polar surface area (TPSA) is 129 Å². The zero-order valence-electron chi connectivity index (χ0n) is 16.8. The minimum Gasteiger partial charge on any atom is -0.496 e. The Kier molecular flexibility index (Phi) is 6.44. The van der Waals surface area contributed by atoms with Crippen LogP contribution in [0.3, 0.4) is 0 Å². The Balaban J connectivity index is 1.85. The van der Waals surface area contributed by atoms with Gasteiger partial charge in [0.15, 0.2) is 0 Å². The first-order valence-electron chi connectivity index (χ1n) is 9.13. The normalized spacial score (nSPS) is 16.0. The van der Waals surface area contributed by atoms with E-state index >= 15 is 0 Å². The quantitative estimate of drug-likeness (QED) is 0.269. The van der Waals surface area contributed by atoms with Gasteiger partial charge in [-0.15, -0.1) is 0 Å². The summed E-state index contributed by atoms with van der Waals surface area (Å²) in [6, 6.07) is 6.24. The molecule has 0 aliphatic carbocycles. The molecule has 1 saturated heterocycles. The first-order valence-corrected chi connectivity index (χ1v) is 9.94. The molecule has 2 amide bonds. The van der Waals surface area contributed by atoms with Crippen molar-refractivity contribution in [3.8, 4) is 17.1 Å². The summed E-state index contributed by atoms with van der Waals surface area (Å²) in [5, 5.41) is 10.4. The standard InChI is InChI=1S/C20H18N2O8S/c1-4-29-19(24)11(2)21-18(23)17(31-20(21)25)10-13-6-8-15(30-13)14-7-5-12(22(26)27)9-16(14)28-3/h5-11H,4H2,1-3H3/b17-10+. The van der Waals surface area contributed by atoms with Gasteiger partial charge in [-0.05, 0) is 43.8 Å².